The lowest BCUT2D eigenvalue weighted by atomic mass is 10.2. The number of hydrogen-bond acceptors (Lipinski definition) is 8. The summed E-state index contributed by atoms with van der Waals surface area (Å²) in [4.78, 5) is 29.1. The second-order valence-corrected chi connectivity index (χ2v) is 6.83. The molecule has 0 bridgehead atoms. The van der Waals surface area contributed by atoms with Gasteiger partial charge in [0.2, 0.25) is 5.91 Å². The van der Waals surface area contributed by atoms with Crippen LogP contribution in [0.3, 0.4) is 0 Å². The third-order valence-corrected chi connectivity index (χ3v) is 5.03. The number of nitrogens with zero attached hydrogens (tertiary/aromatic N) is 7. The monoisotopic (exact) mass is 421 g/mol. The second kappa shape index (κ2) is 9.24. The number of piperazine rings is 1. The molecule has 0 aliphatic carbocycles. The molecule has 160 valence electrons. The predicted molar refractivity (Wildman–Crippen MR) is 114 cm³/mol. The predicted octanol–water partition coefficient (Wildman–Crippen LogP) is 1.44. The molecule has 1 aliphatic rings. The highest BCUT2D eigenvalue weighted by atomic mass is 16.5. The molecule has 1 aromatic carbocycles. The van der Waals surface area contributed by atoms with Gasteiger partial charge in [-0.2, -0.15) is 5.10 Å². The Kier molecular flexibility index (Phi) is 6.06. The Bertz CT molecular complexity index is 1060. The Morgan fingerprint density at radius 3 is 2.45 bits per heavy atom. The highest BCUT2D eigenvalue weighted by Crippen LogP contribution is 2.28. The molecular formula is C21H23N7O3. The number of anilines is 1. The van der Waals surface area contributed by atoms with E-state index >= 15 is 0 Å². The Hall–Kier alpha value is -3.95. The van der Waals surface area contributed by atoms with Crippen LogP contribution in [0.2, 0.25) is 0 Å². The number of methoxy groups -OCH3 is 2. The van der Waals surface area contributed by atoms with Gasteiger partial charge in [0, 0.05) is 38.3 Å². The number of rotatable bonds is 6. The number of ether oxygens (including phenoxy) is 2. The van der Waals surface area contributed by atoms with E-state index in [9.17, 15) is 4.79 Å². The Balaban J connectivity index is 1.36. The van der Waals surface area contributed by atoms with Gasteiger partial charge in [0.25, 0.3) is 0 Å². The van der Waals surface area contributed by atoms with Crippen LogP contribution in [0.1, 0.15) is 5.56 Å². The molecule has 10 heteroatoms. The lowest BCUT2D eigenvalue weighted by Crippen LogP contribution is -2.48. The molecule has 0 N–H and O–H groups in total. The first-order valence-corrected chi connectivity index (χ1v) is 9.79. The maximum absolute atomic E-state index is 12.6. The summed E-state index contributed by atoms with van der Waals surface area (Å²) in [5, 5.41) is 4.10. The largest absolute Gasteiger partial charge is 0.493 e. The SMILES string of the molecule is COc1ccc(/C=C/C(=O)N2CCN(c3cc(-n4cncn4)ncn3)CC2)cc1OC. The quantitative estimate of drug-likeness (QED) is 0.552. The minimum absolute atomic E-state index is 0.0274. The molecule has 4 rings (SSSR count). The molecule has 31 heavy (non-hydrogen) atoms. The van der Waals surface area contributed by atoms with Gasteiger partial charge in [0.05, 0.1) is 14.2 Å². The van der Waals surface area contributed by atoms with E-state index in [1.54, 1.807) is 37.4 Å². The molecule has 0 saturated carbocycles. The number of amides is 1. The topological polar surface area (TPSA) is 98.5 Å². The zero-order valence-corrected chi connectivity index (χ0v) is 17.4. The Labute approximate surface area is 179 Å². The van der Waals surface area contributed by atoms with E-state index in [-0.39, 0.29) is 5.91 Å². The first-order chi connectivity index (χ1) is 15.2. The van der Waals surface area contributed by atoms with Gasteiger partial charge in [-0.05, 0) is 23.8 Å². The van der Waals surface area contributed by atoms with Crippen molar-refractivity contribution in [2.75, 3.05) is 45.3 Å². The molecule has 3 heterocycles. The highest BCUT2D eigenvalue weighted by Gasteiger charge is 2.21. The third kappa shape index (κ3) is 4.63. The average Bonchev–Trinajstić information content (AvgIpc) is 3.37. The van der Waals surface area contributed by atoms with Crippen LogP contribution in [-0.4, -0.2) is 75.9 Å². The van der Waals surface area contributed by atoms with Crippen molar-refractivity contribution in [3.63, 3.8) is 0 Å². The van der Waals surface area contributed by atoms with Crippen LogP contribution in [0.25, 0.3) is 11.9 Å². The number of aromatic nitrogens is 5. The summed E-state index contributed by atoms with van der Waals surface area (Å²) in [6.07, 6.45) is 7.93. The fourth-order valence-electron chi connectivity index (χ4n) is 3.35. The molecule has 2 aromatic heterocycles. The first kappa shape index (κ1) is 20.3. The molecule has 10 nitrogen and oxygen atoms in total. The van der Waals surface area contributed by atoms with E-state index in [0.717, 1.165) is 11.4 Å². The molecule has 1 aliphatic heterocycles. The van der Waals surface area contributed by atoms with Crippen molar-refractivity contribution in [2.45, 2.75) is 0 Å². The van der Waals surface area contributed by atoms with Gasteiger partial charge in [0.15, 0.2) is 17.3 Å². The maximum atomic E-state index is 12.6. The molecular weight excluding hydrogens is 398 g/mol. The van der Waals surface area contributed by atoms with Crippen molar-refractivity contribution in [3.05, 3.63) is 54.9 Å². The number of hydrogen-bond donors (Lipinski definition) is 0. The number of carbonyl (C=O) groups is 1. The summed E-state index contributed by atoms with van der Waals surface area (Å²) in [5.41, 5.74) is 0.867. The number of benzene rings is 1. The lowest BCUT2D eigenvalue weighted by molar-refractivity contribution is -0.126. The van der Waals surface area contributed by atoms with Crippen molar-refractivity contribution in [3.8, 4) is 17.3 Å². The zero-order valence-electron chi connectivity index (χ0n) is 17.4. The van der Waals surface area contributed by atoms with Crippen molar-refractivity contribution in [1.29, 1.82) is 0 Å². The summed E-state index contributed by atoms with van der Waals surface area (Å²) < 4.78 is 12.1. The van der Waals surface area contributed by atoms with Crippen molar-refractivity contribution >= 4 is 17.8 Å². The van der Waals surface area contributed by atoms with Crippen LogP contribution in [0.15, 0.2) is 49.3 Å². The van der Waals surface area contributed by atoms with E-state index in [1.165, 1.54) is 12.7 Å². The van der Waals surface area contributed by atoms with E-state index in [0.29, 0.717) is 43.5 Å². The minimum Gasteiger partial charge on any atom is -0.493 e. The molecule has 3 aromatic rings. The second-order valence-electron chi connectivity index (χ2n) is 6.83. The third-order valence-electron chi connectivity index (χ3n) is 5.03. The summed E-state index contributed by atoms with van der Waals surface area (Å²) >= 11 is 0. The molecule has 1 fully saturated rings. The normalized spacial score (nSPS) is 14.1. The Morgan fingerprint density at radius 2 is 1.74 bits per heavy atom. The minimum atomic E-state index is -0.0274. The lowest BCUT2D eigenvalue weighted by Gasteiger charge is -2.34. The average molecular weight is 421 g/mol. The van der Waals surface area contributed by atoms with Crippen LogP contribution in [-0.2, 0) is 4.79 Å². The van der Waals surface area contributed by atoms with Gasteiger partial charge in [-0.1, -0.05) is 6.07 Å². The molecule has 1 saturated heterocycles. The van der Waals surface area contributed by atoms with Crippen LogP contribution in [0.4, 0.5) is 5.82 Å². The maximum Gasteiger partial charge on any atom is 0.246 e. The first-order valence-electron chi connectivity index (χ1n) is 9.79. The van der Waals surface area contributed by atoms with Crippen molar-refractivity contribution in [1.82, 2.24) is 29.6 Å². The fraction of sp³-hybridized carbons (Fsp3) is 0.286. The standard InChI is InChI=1S/C21H23N7O3/c1-30-17-5-3-16(11-18(17)31-2)4-6-21(29)27-9-7-26(8-10-27)19-12-20(24-14-23-19)28-15-22-13-25-28/h3-6,11-15H,7-10H2,1-2H3/b6-4+. The van der Waals surface area contributed by atoms with Crippen LogP contribution >= 0.6 is 0 Å². The van der Waals surface area contributed by atoms with Gasteiger partial charge in [-0.25, -0.2) is 19.6 Å². The molecule has 0 radical (unpaired) electrons. The van der Waals surface area contributed by atoms with Crippen LogP contribution in [0, 0.1) is 0 Å². The van der Waals surface area contributed by atoms with Crippen LogP contribution < -0.4 is 14.4 Å². The number of carbonyl (C=O) groups excluding carboxylic acids is 1. The molecule has 0 unspecified atom stereocenters. The van der Waals surface area contributed by atoms with Gasteiger partial charge in [0.1, 0.15) is 24.8 Å². The molecule has 0 spiro atoms. The van der Waals surface area contributed by atoms with Gasteiger partial charge < -0.3 is 19.3 Å². The van der Waals surface area contributed by atoms with Crippen LogP contribution in [0.5, 0.6) is 11.5 Å². The molecule has 0 atom stereocenters. The van der Waals surface area contributed by atoms with E-state index in [2.05, 4.69) is 25.0 Å². The van der Waals surface area contributed by atoms with Gasteiger partial charge >= 0.3 is 0 Å². The van der Waals surface area contributed by atoms with Gasteiger partial charge in [-0.3, -0.25) is 4.79 Å². The fourth-order valence-corrected chi connectivity index (χ4v) is 3.35. The zero-order chi connectivity index (χ0) is 21.6. The van der Waals surface area contributed by atoms with E-state index in [1.807, 2.05) is 29.2 Å². The summed E-state index contributed by atoms with van der Waals surface area (Å²) in [6.45, 7) is 2.59. The summed E-state index contributed by atoms with van der Waals surface area (Å²) in [7, 11) is 3.18. The smallest absolute Gasteiger partial charge is 0.246 e. The highest BCUT2D eigenvalue weighted by molar-refractivity contribution is 5.92. The van der Waals surface area contributed by atoms with E-state index < -0.39 is 0 Å². The summed E-state index contributed by atoms with van der Waals surface area (Å²) in [6, 6.07) is 7.40. The van der Waals surface area contributed by atoms with Crippen molar-refractivity contribution in [2.24, 2.45) is 0 Å². The summed E-state index contributed by atoms with van der Waals surface area (Å²) in [5.74, 6) is 2.70. The van der Waals surface area contributed by atoms with Crippen molar-refractivity contribution < 1.29 is 14.3 Å². The van der Waals surface area contributed by atoms with Gasteiger partial charge in [-0.15, -0.1) is 0 Å². The molecule has 1 amide bonds. The van der Waals surface area contributed by atoms with E-state index in [4.69, 9.17) is 9.47 Å². The Morgan fingerprint density at radius 1 is 0.968 bits per heavy atom.